The Balaban J connectivity index is 1.93. The van der Waals surface area contributed by atoms with Crippen molar-refractivity contribution in [2.24, 2.45) is 0 Å². The fourth-order valence-electron chi connectivity index (χ4n) is 4.20. The van der Waals surface area contributed by atoms with E-state index in [9.17, 15) is 27.6 Å². The number of aryl methyl sites for hydroxylation is 1. The van der Waals surface area contributed by atoms with Crippen LogP contribution in [0.2, 0.25) is 0 Å². The quantitative estimate of drug-likeness (QED) is 0.452. The number of rotatable bonds is 9. The van der Waals surface area contributed by atoms with Crippen LogP contribution in [-0.4, -0.2) is 49.1 Å². The normalized spacial score (nSPS) is 19.7. The summed E-state index contributed by atoms with van der Waals surface area (Å²) in [7, 11) is 1.49. The van der Waals surface area contributed by atoms with Crippen molar-refractivity contribution in [3.63, 3.8) is 0 Å². The average molecular weight is 466 g/mol. The first-order chi connectivity index (χ1) is 15.6. The highest BCUT2D eigenvalue weighted by Gasteiger charge is 2.54. The topological polar surface area (TPSA) is 88.8 Å². The van der Waals surface area contributed by atoms with Crippen LogP contribution < -0.4 is 5.32 Å². The number of furan rings is 1. The zero-order valence-corrected chi connectivity index (χ0v) is 18.3. The van der Waals surface area contributed by atoms with Gasteiger partial charge in [-0.3, -0.25) is 19.3 Å². The molecule has 178 valence electrons. The molecule has 0 aliphatic carbocycles. The van der Waals surface area contributed by atoms with Gasteiger partial charge in [0.05, 0.1) is 11.7 Å². The third-order valence-corrected chi connectivity index (χ3v) is 5.72. The summed E-state index contributed by atoms with van der Waals surface area (Å²) in [4.78, 5) is 40.2. The molecule has 33 heavy (non-hydrogen) atoms. The molecule has 0 spiro atoms. The SMILES string of the molecule is COCCCN1C(=O)C[C@@](CC(=O)N[C@H](c2ccco2)C(F)(F)F)(c2ccccc2C)C1=O. The van der Waals surface area contributed by atoms with E-state index in [4.69, 9.17) is 9.15 Å². The second-order valence-electron chi connectivity index (χ2n) is 8.01. The fraction of sp³-hybridized carbons (Fsp3) is 0.435. The molecule has 10 heteroatoms. The van der Waals surface area contributed by atoms with Crippen LogP contribution in [0, 0.1) is 6.92 Å². The number of benzene rings is 1. The van der Waals surface area contributed by atoms with Gasteiger partial charge >= 0.3 is 6.18 Å². The third-order valence-electron chi connectivity index (χ3n) is 5.72. The molecule has 1 aliphatic rings. The molecule has 1 aromatic carbocycles. The number of amides is 3. The number of nitrogens with zero attached hydrogens (tertiary/aromatic N) is 1. The average Bonchev–Trinajstić information content (AvgIpc) is 3.35. The smallest absolute Gasteiger partial charge is 0.415 e. The van der Waals surface area contributed by atoms with Gasteiger partial charge in [-0.1, -0.05) is 24.3 Å². The molecule has 3 rings (SSSR count). The van der Waals surface area contributed by atoms with E-state index in [0.29, 0.717) is 24.2 Å². The number of carbonyl (C=O) groups excluding carboxylic acids is 3. The first-order valence-electron chi connectivity index (χ1n) is 10.4. The van der Waals surface area contributed by atoms with E-state index >= 15 is 0 Å². The summed E-state index contributed by atoms with van der Waals surface area (Å²) in [5, 5.41) is 1.94. The van der Waals surface area contributed by atoms with Gasteiger partial charge in [-0.2, -0.15) is 13.2 Å². The first kappa shape index (κ1) is 24.5. The Morgan fingerprint density at radius 1 is 1.24 bits per heavy atom. The highest BCUT2D eigenvalue weighted by Crippen LogP contribution is 2.42. The Hall–Kier alpha value is -3.14. The molecule has 0 bridgehead atoms. The van der Waals surface area contributed by atoms with Crippen molar-refractivity contribution >= 4 is 17.7 Å². The van der Waals surface area contributed by atoms with E-state index in [0.717, 1.165) is 17.2 Å². The van der Waals surface area contributed by atoms with Crippen molar-refractivity contribution in [2.75, 3.05) is 20.3 Å². The zero-order valence-electron chi connectivity index (χ0n) is 18.3. The van der Waals surface area contributed by atoms with Gasteiger partial charge in [-0.25, -0.2) is 0 Å². The second-order valence-corrected chi connectivity index (χ2v) is 8.01. The number of ether oxygens (including phenoxy) is 1. The number of methoxy groups -OCH3 is 1. The van der Waals surface area contributed by atoms with Gasteiger partial charge in [-0.15, -0.1) is 0 Å². The van der Waals surface area contributed by atoms with Gasteiger partial charge in [0.25, 0.3) is 0 Å². The summed E-state index contributed by atoms with van der Waals surface area (Å²) in [5.41, 5.74) is -0.503. The number of likely N-dealkylation sites (tertiary alicyclic amines) is 1. The van der Waals surface area contributed by atoms with E-state index in [-0.39, 0.29) is 13.0 Å². The molecule has 0 radical (unpaired) electrons. The van der Waals surface area contributed by atoms with Crippen LogP contribution in [0.4, 0.5) is 13.2 Å². The Labute approximate surface area is 188 Å². The Morgan fingerprint density at radius 3 is 2.58 bits per heavy atom. The van der Waals surface area contributed by atoms with Crippen LogP contribution in [0.3, 0.4) is 0 Å². The summed E-state index contributed by atoms with van der Waals surface area (Å²) in [6.45, 7) is 2.14. The minimum absolute atomic E-state index is 0.0956. The van der Waals surface area contributed by atoms with Gasteiger partial charge in [0.2, 0.25) is 17.7 Å². The summed E-state index contributed by atoms with van der Waals surface area (Å²) >= 11 is 0. The predicted molar refractivity (Wildman–Crippen MR) is 111 cm³/mol. The number of carbonyl (C=O) groups is 3. The van der Waals surface area contributed by atoms with Crippen LogP contribution in [0.1, 0.15) is 42.2 Å². The number of imide groups is 1. The summed E-state index contributed by atoms with van der Waals surface area (Å²) in [6.07, 6.45) is -4.26. The molecule has 0 saturated carbocycles. The Morgan fingerprint density at radius 2 is 1.97 bits per heavy atom. The van der Waals surface area contributed by atoms with Crippen LogP contribution >= 0.6 is 0 Å². The van der Waals surface area contributed by atoms with Crippen LogP contribution in [0.25, 0.3) is 0 Å². The maximum atomic E-state index is 13.6. The van der Waals surface area contributed by atoms with Crippen molar-refractivity contribution in [1.29, 1.82) is 0 Å². The van der Waals surface area contributed by atoms with Gasteiger partial charge in [0.15, 0.2) is 6.04 Å². The minimum Gasteiger partial charge on any atom is -0.467 e. The van der Waals surface area contributed by atoms with E-state index in [2.05, 4.69) is 0 Å². The van der Waals surface area contributed by atoms with Crippen LogP contribution in [-0.2, 0) is 24.5 Å². The standard InChI is InChI=1S/C23H25F3N2O5/c1-15-7-3-4-8-16(15)22(14-19(30)28(21(22)31)10-6-11-32-2)13-18(29)27-20(23(24,25)26)17-9-5-12-33-17/h3-5,7-9,12,20H,6,10-11,13-14H2,1-2H3,(H,27,29)/t20-,22+/m1/s1. The monoisotopic (exact) mass is 466 g/mol. The molecule has 2 atom stereocenters. The van der Waals surface area contributed by atoms with Crippen molar-refractivity contribution in [2.45, 2.75) is 43.8 Å². The highest BCUT2D eigenvalue weighted by molar-refractivity contribution is 6.11. The lowest BCUT2D eigenvalue weighted by Gasteiger charge is -2.29. The van der Waals surface area contributed by atoms with Crippen molar-refractivity contribution < 1.29 is 36.7 Å². The van der Waals surface area contributed by atoms with E-state index in [1.54, 1.807) is 31.2 Å². The number of hydrogen-bond acceptors (Lipinski definition) is 5. The number of halogens is 3. The fourth-order valence-corrected chi connectivity index (χ4v) is 4.20. The molecule has 3 amide bonds. The van der Waals surface area contributed by atoms with E-state index < -0.39 is 47.5 Å². The van der Waals surface area contributed by atoms with Crippen LogP contribution in [0.15, 0.2) is 47.1 Å². The lowest BCUT2D eigenvalue weighted by Crippen LogP contribution is -2.45. The summed E-state index contributed by atoms with van der Waals surface area (Å²) in [5.74, 6) is -2.58. The molecule has 7 nitrogen and oxygen atoms in total. The number of nitrogens with one attached hydrogen (secondary N) is 1. The maximum Gasteiger partial charge on any atom is 0.415 e. The van der Waals surface area contributed by atoms with Gasteiger partial charge in [0.1, 0.15) is 5.76 Å². The maximum absolute atomic E-state index is 13.6. The number of hydrogen-bond donors (Lipinski definition) is 1. The van der Waals surface area contributed by atoms with Gasteiger partial charge in [-0.05, 0) is 36.6 Å². The summed E-state index contributed by atoms with van der Waals surface area (Å²) in [6, 6.07) is 6.76. The Kier molecular flexibility index (Phi) is 7.26. The van der Waals surface area contributed by atoms with Crippen molar-refractivity contribution in [3.8, 4) is 0 Å². The lowest BCUT2D eigenvalue weighted by molar-refractivity contribution is -0.167. The molecule has 2 heterocycles. The largest absolute Gasteiger partial charge is 0.467 e. The summed E-state index contributed by atoms with van der Waals surface area (Å²) < 4.78 is 50.6. The first-order valence-corrected chi connectivity index (χ1v) is 10.4. The molecule has 1 aliphatic heterocycles. The molecule has 1 saturated heterocycles. The van der Waals surface area contributed by atoms with Crippen molar-refractivity contribution in [3.05, 3.63) is 59.5 Å². The molecule has 1 aromatic heterocycles. The Bertz CT molecular complexity index is 1010. The second kappa shape index (κ2) is 9.78. The number of alkyl halides is 3. The molecule has 2 aromatic rings. The molecule has 1 fully saturated rings. The molecule has 0 unspecified atom stereocenters. The molecular weight excluding hydrogens is 441 g/mol. The van der Waals surface area contributed by atoms with Crippen molar-refractivity contribution in [1.82, 2.24) is 10.2 Å². The third kappa shape index (κ3) is 5.11. The van der Waals surface area contributed by atoms with E-state index in [1.807, 2.05) is 5.32 Å². The molecule has 1 N–H and O–H groups in total. The van der Waals surface area contributed by atoms with Gasteiger partial charge < -0.3 is 14.5 Å². The highest BCUT2D eigenvalue weighted by atomic mass is 19.4. The predicted octanol–water partition coefficient (Wildman–Crippen LogP) is 3.43. The van der Waals surface area contributed by atoms with Gasteiger partial charge in [0, 0.05) is 33.1 Å². The zero-order chi connectivity index (χ0) is 24.2. The van der Waals surface area contributed by atoms with Crippen LogP contribution in [0.5, 0.6) is 0 Å². The minimum atomic E-state index is -4.81. The van der Waals surface area contributed by atoms with E-state index in [1.165, 1.54) is 13.2 Å². The molecular formula is C23H25F3N2O5. The lowest BCUT2D eigenvalue weighted by atomic mass is 9.74.